The van der Waals surface area contributed by atoms with E-state index in [-0.39, 0.29) is 5.69 Å². The van der Waals surface area contributed by atoms with Crippen LogP contribution in [0.4, 0.5) is 11.5 Å². The van der Waals surface area contributed by atoms with E-state index in [1.54, 1.807) is 13.0 Å². The van der Waals surface area contributed by atoms with E-state index in [9.17, 15) is 10.1 Å². The fourth-order valence-corrected chi connectivity index (χ4v) is 2.06. The zero-order chi connectivity index (χ0) is 15.4. The minimum absolute atomic E-state index is 0.0346. The van der Waals surface area contributed by atoms with Crippen molar-refractivity contribution in [3.63, 3.8) is 0 Å². The van der Waals surface area contributed by atoms with Gasteiger partial charge in [0.05, 0.1) is 11.0 Å². The molecule has 0 amide bonds. The third-order valence-corrected chi connectivity index (χ3v) is 3.41. The van der Waals surface area contributed by atoms with E-state index in [0.717, 1.165) is 5.56 Å². The summed E-state index contributed by atoms with van der Waals surface area (Å²) < 4.78 is 6.24. The van der Waals surface area contributed by atoms with Gasteiger partial charge in [0.1, 0.15) is 22.4 Å². The van der Waals surface area contributed by atoms with Gasteiger partial charge in [-0.2, -0.15) is 0 Å². The Labute approximate surface area is 129 Å². The molecular weight excluding hydrogens is 340 g/mol. The molecule has 0 radical (unpaired) electrons. The van der Waals surface area contributed by atoms with Gasteiger partial charge in [0, 0.05) is 12.6 Å². The van der Waals surface area contributed by atoms with E-state index in [1.807, 2.05) is 6.92 Å². The molecule has 110 valence electrons. The van der Waals surface area contributed by atoms with Gasteiger partial charge in [0.25, 0.3) is 5.69 Å². The maximum absolute atomic E-state index is 10.8. The summed E-state index contributed by atoms with van der Waals surface area (Å²) in [6.07, 6.45) is 1.37. The summed E-state index contributed by atoms with van der Waals surface area (Å²) >= 11 is 3.37. The fraction of sp³-hybridized carbons (Fsp3) is 0.231. The van der Waals surface area contributed by atoms with Crippen LogP contribution >= 0.6 is 15.9 Å². The number of nitrogens with one attached hydrogen (secondary N) is 1. The molecule has 0 unspecified atom stereocenters. The lowest BCUT2D eigenvalue weighted by Crippen LogP contribution is -2.02. The number of halogens is 1. The van der Waals surface area contributed by atoms with Gasteiger partial charge in [0.2, 0.25) is 5.88 Å². The number of rotatable bonds is 5. The van der Waals surface area contributed by atoms with Crippen LogP contribution < -0.4 is 10.1 Å². The Kier molecular flexibility index (Phi) is 4.69. The molecule has 0 aliphatic heterocycles. The molecular formula is C13H13BrN4O3. The Morgan fingerprint density at radius 1 is 1.43 bits per heavy atom. The third-order valence-electron chi connectivity index (χ3n) is 2.69. The van der Waals surface area contributed by atoms with Crippen LogP contribution in [-0.2, 0) is 0 Å². The molecule has 1 aromatic carbocycles. The second kappa shape index (κ2) is 6.49. The van der Waals surface area contributed by atoms with Gasteiger partial charge in [-0.3, -0.25) is 10.1 Å². The molecule has 0 saturated heterocycles. The molecule has 1 heterocycles. The highest BCUT2D eigenvalue weighted by Crippen LogP contribution is 2.34. The minimum atomic E-state index is -0.467. The van der Waals surface area contributed by atoms with Crippen LogP contribution in [0.5, 0.6) is 11.6 Å². The minimum Gasteiger partial charge on any atom is -0.437 e. The Morgan fingerprint density at radius 3 is 2.86 bits per heavy atom. The largest absolute Gasteiger partial charge is 0.437 e. The van der Waals surface area contributed by atoms with Gasteiger partial charge < -0.3 is 10.1 Å². The van der Waals surface area contributed by atoms with Crippen molar-refractivity contribution in [2.45, 2.75) is 13.8 Å². The quantitative estimate of drug-likeness (QED) is 0.651. The molecule has 0 bridgehead atoms. The second-order valence-electron chi connectivity index (χ2n) is 4.18. The van der Waals surface area contributed by atoms with Crippen LogP contribution in [0.3, 0.4) is 0 Å². The lowest BCUT2D eigenvalue weighted by Gasteiger charge is -2.11. The van der Waals surface area contributed by atoms with Crippen LogP contribution in [0.2, 0.25) is 0 Å². The van der Waals surface area contributed by atoms with Gasteiger partial charge in [-0.05, 0) is 41.4 Å². The van der Waals surface area contributed by atoms with Crippen molar-refractivity contribution in [1.82, 2.24) is 9.97 Å². The van der Waals surface area contributed by atoms with Gasteiger partial charge in [-0.1, -0.05) is 0 Å². The highest BCUT2D eigenvalue weighted by molar-refractivity contribution is 9.10. The number of aryl methyl sites for hydroxylation is 1. The molecule has 7 nitrogen and oxygen atoms in total. The first-order valence-corrected chi connectivity index (χ1v) is 6.99. The monoisotopic (exact) mass is 352 g/mol. The first-order chi connectivity index (χ1) is 10.0. The average Bonchev–Trinajstić information content (AvgIpc) is 2.45. The molecule has 2 rings (SSSR count). The van der Waals surface area contributed by atoms with Gasteiger partial charge in [-0.25, -0.2) is 9.97 Å². The molecule has 8 heteroatoms. The van der Waals surface area contributed by atoms with Crippen LogP contribution in [0, 0.1) is 17.0 Å². The Hall–Kier alpha value is -2.22. The highest BCUT2D eigenvalue weighted by atomic mass is 79.9. The van der Waals surface area contributed by atoms with Crippen molar-refractivity contribution < 1.29 is 9.66 Å². The van der Waals surface area contributed by atoms with Gasteiger partial charge >= 0.3 is 0 Å². The number of hydrogen-bond acceptors (Lipinski definition) is 6. The standard InChI is InChI=1S/C13H13BrN4O3/c1-3-15-12-11(14)13(17-7-16-12)21-10-6-9(18(19)20)5-4-8(10)2/h4-7H,3H2,1-2H3,(H,15,16,17). The number of aromatic nitrogens is 2. The summed E-state index contributed by atoms with van der Waals surface area (Å²) in [5.41, 5.74) is 0.740. The number of nitro groups is 1. The number of hydrogen-bond donors (Lipinski definition) is 1. The number of nitro benzene ring substituents is 1. The molecule has 1 aromatic heterocycles. The van der Waals surface area contributed by atoms with Crippen LogP contribution in [0.1, 0.15) is 12.5 Å². The zero-order valence-electron chi connectivity index (χ0n) is 11.5. The van der Waals surface area contributed by atoms with E-state index in [4.69, 9.17) is 4.74 Å². The van der Waals surface area contributed by atoms with Crippen LogP contribution in [-0.4, -0.2) is 21.4 Å². The molecule has 0 atom stereocenters. The Morgan fingerprint density at radius 2 is 2.19 bits per heavy atom. The Balaban J connectivity index is 2.36. The molecule has 2 aromatic rings. The van der Waals surface area contributed by atoms with Crippen molar-refractivity contribution in [3.8, 4) is 11.6 Å². The molecule has 0 aliphatic carbocycles. The summed E-state index contributed by atoms with van der Waals surface area (Å²) in [4.78, 5) is 18.5. The zero-order valence-corrected chi connectivity index (χ0v) is 13.0. The van der Waals surface area contributed by atoms with E-state index < -0.39 is 4.92 Å². The number of non-ortho nitro benzene ring substituents is 1. The molecule has 21 heavy (non-hydrogen) atoms. The van der Waals surface area contributed by atoms with Crippen molar-refractivity contribution in [1.29, 1.82) is 0 Å². The number of ether oxygens (including phenoxy) is 1. The van der Waals surface area contributed by atoms with Crippen molar-refractivity contribution >= 4 is 27.4 Å². The Bertz CT molecular complexity index is 678. The van der Waals surface area contributed by atoms with E-state index in [1.165, 1.54) is 18.5 Å². The second-order valence-corrected chi connectivity index (χ2v) is 4.97. The average molecular weight is 353 g/mol. The van der Waals surface area contributed by atoms with Gasteiger partial charge in [-0.15, -0.1) is 0 Å². The van der Waals surface area contributed by atoms with E-state index in [0.29, 0.717) is 28.5 Å². The van der Waals surface area contributed by atoms with Crippen molar-refractivity contribution in [2.75, 3.05) is 11.9 Å². The molecule has 1 N–H and O–H groups in total. The maximum Gasteiger partial charge on any atom is 0.273 e. The van der Waals surface area contributed by atoms with E-state index in [2.05, 4.69) is 31.2 Å². The lowest BCUT2D eigenvalue weighted by atomic mass is 10.2. The van der Waals surface area contributed by atoms with Crippen molar-refractivity contribution in [3.05, 3.63) is 44.7 Å². The van der Waals surface area contributed by atoms with Crippen LogP contribution in [0.25, 0.3) is 0 Å². The normalized spacial score (nSPS) is 10.2. The molecule has 0 spiro atoms. The topological polar surface area (TPSA) is 90.2 Å². The highest BCUT2D eigenvalue weighted by Gasteiger charge is 2.14. The first kappa shape index (κ1) is 15.2. The summed E-state index contributed by atoms with van der Waals surface area (Å²) in [5, 5.41) is 13.9. The number of benzene rings is 1. The first-order valence-electron chi connectivity index (χ1n) is 6.20. The number of nitrogens with zero attached hydrogens (tertiary/aromatic N) is 3. The number of anilines is 1. The lowest BCUT2D eigenvalue weighted by molar-refractivity contribution is -0.384. The fourth-order valence-electron chi connectivity index (χ4n) is 1.63. The van der Waals surface area contributed by atoms with Crippen LogP contribution in [0.15, 0.2) is 29.0 Å². The SMILES string of the molecule is CCNc1ncnc(Oc2cc([N+](=O)[O-])ccc2C)c1Br. The summed E-state index contributed by atoms with van der Waals surface area (Å²) in [6, 6.07) is 4.44. The predicted octanol–water partition coefficient (Wildman–Crippen LogP) is 3.68. The third kappa shape index (κ3) is 3.46. The van der Waals surface area contributed by atoms with Gasteiger partial charge in [0.15, 0.2) is 0 Å². The smallest absolute Gasteiger partial charge is 0.273 e. The van der Waals surface area contributed by atoms with Crippen molar-refractivity contribution in [2.24, 2.45) is 0 Å². The summed E-state index contributed by atoms with van der Waals surface area (Å²) in [6.45, 7) is 4.45. The predicted molar refractivity (Wildman–Crippen MR) is 81.8 cm³/mol. The maximum atomic E-state index is 10.8. The summed E-state index contributed by atoms with van der Waals surface area (Å²) in [5.74, 6) is 1.28. The molecule has 0 fully saturated rings. The summed E-state index contributed by atoms with van der Waals surface area (Å²) in [7, 11) is 0. The van der Waals surface area contributed by atoms with E-state index >= 15 is 0 Å². The molecule has 0 saturated carbocycles. The molecule has 0 aliphatic rings.